The second-order valence-electron chi connectivity index (χ2n) is 7.91. The third-order valence-corrected chi connectivity index (χ3v) is 8.47. The van der Waals surface area contributed by atoms with E-state index in [9.17, 15) is 13.2 Å². The van der Waals surface area contributed by atoms with Crippen molar-refractivity contribution in [2.24, 2.45) is 7.05 Å². The van der Waals surface area contributed by atoms with E-state index in [0.29, 0.717) is 23.9 Å². The summed E-state index contributed by atoms with van der Waals surface area (Å²) in [5.41, 5.74) is 1.51. The van der Waals surface area contributed by atoms with Gasteiger partial charge in [-0.05, 0) is 37.1 Å². The highest BCUT2D eigenvalue weighted by Gasteiger charge is 2.25. The van der Waals surface area contributed by atoms with Crippen LogP contribution < -0.4 is 5.32 Å². The summed E-state index contributed by atoms with van der Waals surface area (Å²) >= 11 is 1.29. The number of benzene rings is 2. The Balaban J connectivity index is 1.34. The average molecular weight is 486 g/mol. The van der Waals surface area contributed by atoms with Gasteiger partial charge in [-0.2, -0.15) is 4.31 Å². The predicted octanol–water partition coefficient (Wildman–Crippen LogP) is 3.78. The van der Waals surface area contributed by atoms with Crippen molar-refractivity contribution in [3.63, 3.8) is 0 Å². The molecule has 174 valence electrons. The Morgan fingerprint density at radius 1 is 0.970 bits per heavy atom. The molecule has 0 bridgehead atoms. The molecule has 2 aromatic carbocycles. The third kappa shape index (κ3) is 5.63. The minimum atomic E-state index is -3.50. The van der Waals surface area contributed by atoms with Crippen molar-refractivity contribution in [1.29, 1.82) is 0 Å². The summed E-state index contributed by atoms with van der Waals surface area (Å²) in [6, 6.07) is 16.1. The zero-order valence-electron chi connectivity index (χ0n) is 18.5. The van der Waals surface area contributed by atoms with Gasteiger partial charge in [-0.3, -0.25) is 4.79 Å². The molecule has 1 amide bonds. The van der Waals surface area contributed by atoms with Crippen LogP contribution in [0.2, 0.25) is 0 Å². The number of hydrogen-bond acceptors (Lipinski definition) is 6. The van der Waals surface area contributed by atoms with E-state index in [-0.39, 0.29) is 16.6 Å². The van der Waals surface area contributed by atoms with Crippen molar-refractivity contribution in [3.8, 4) is 11.4 Å². The van der Waals surface area contributed by atoms with E-state index in [1.165, 1.54) is 11.8 Å². The van der Waals surface area contributed by atoms with Crippen molar-refractivity contribution in [3.05, 3.63) is 54.6 Å². The predicted molar refractivity (Wildman–Crippen MR) is 129 cm³/mol. The standard InChI is InChI=1S/C23H27N5O3S2/c1-27-22(18-9-5-4-6-10-18)25-26-23(27)32-17-21(29)24-19-11-13-20(14-12-19)33(30,31)28-15-7-2-3-8-16-28/h4-6,9-14H,2-3,7-8,15-17H2,1H3,(H,24,29). The van der Waals surface area contributed by atoms with Crippen LogP contribution in [-0.4, -0.2) is 52.2 Å². The number of nitrogens with zero attached hydrogens (tertiary/aromatic N) is 4. The molecule has 3 aromatic rings. The Hall–Kier alpha value is -2.69. The maximum atomic E-state index is 12.9. The van der Waals surface area contributed by atoms with Crippen LogP contribution >= 0.6 is 11.8 Å². The molecule has 0 unspecified atom stereocenters. The normalized spacial score (nSPS) is 15.2. The van der Waals surface area contributed by atoms with Crippen LogP contribution in [0.5, 0.6) is 0 Å². The van der Waals surface area contributed by atoms with Crippen LogP contribution in [0.25, 0.3) is 11.4 Å². The number of aromatic nitrogens is 3. The fraction of sp³-hybridized carbons (Fsp3) is 0.348. The highest BCUT2D eigenvalue weighted by Crippen LogP contribution is 2.24. The number of anilines is 1. The van der Waals surface area contributed by atoms with Crippen molar-refractivity contribution in [2.75, 3.05) is 24.2 Å². The van der Waals surface area contributed by atoms with Crippen LogP contribution in [-0.2, 0) is 21.9 Å². The lowest BCUT2D eigenvalue weighted by Crippen LogP contribution is -2.31. The van der Waals surface area contributed by atoms with Gasteiger partial charge >= 0.3 is 0 Å². The molecule has 0 aliphatic carbocycles. The van der Waals surface area contributed by atoms with Gasteiger partial charge in [0, 0.05) is 31.4 Å². The van der Waals surface area contributed by atoms with E-state index in [2.05, 4.69) is 15.5 Å². The molecule has 0 atom stereocenters. The number of carbonyl (C=O) groups is 1. The number of thioether (sulfide) groups is 1. The zero-order chi connectivity index (χ0) is 23.3. The number of sulfonamides is 1. The van der Waals surface area contributed by atoms with Crippen LogP contribution in [0.1, 0.15) is 25.7 Å². The molecule has 4 rings (SSSR count). The van der Waals surface area contributed by atoms with Gasteiger partial charge in [0.25, 0.3) is 0 Å². The Labute approximate surface area is 198 Å². The van der Waals surface area contributed by atoms with Crippen molar-refractivity contribution in [2.45, 2.75) is 35.7 Å². The van der Waals surface area contributed by atoms with E-state index in [1.807, 2.05) is 41.9 Å². The van der Waals surface area contributed by atoms with Gasteiger partial charge in [0.1, 0.15) is 0 Å². The smallest absolute Gasteiger partial charge is 0.243 e. The average Bonchev–Trinajstić information content (AvgIpc) is 3.01. The largest absolute Gasteiger partial charge is 0.325 e. The lowest BCUT2D eigenvalue weighted by Gasteiger charge is -2.20. The fourth-order valence-electron chi connectivity index (χ4n) is 3.75. The molecule has 1 fully saturated rings. The van der Waals surface area contributed by atoms with Crippen molar-refractivity contribution < 1.29 is 13.2 Å². The Kier molecular flexibility index (Phi) is 7.46. The molecule has 1 aromatic heterocycles. The zero-order valence-corrected chi connectivity index (χ0v) is 20.1. The third-order valence-electron chi connectivity index (χ3n) is 5.54. The summed E-state index contributed by atoms with van der Waals surface area (Å²) < 4.78 is 29.2. The molecule has 0 saturated carbocycles. The van der Waals surface area contributed by atoms with Crippen LogP contribution in [0, 0.1) is 0 Å². The Bertz CT molecular complexity index is 1190. The van der Waals surface area contributed by atoms with Crippen molar-refractivity contribution in [1.82, 2.24) is 19.1 Å². The molecule has 0 radical (unpaired) electrons. The summed E-state index contributed by atoms with van der Waals surface area (Å²) in [6.45, 7) is 1.12. The summed E-state index contributed by atoms with van der Waals surface area (Å²) in [7, 11) is -1.64. The van der Waals surface area contributed by atoms with E-state index in [4.69, 9.17) is 0 Å². The van der Waals surface area contributed by atoms with Gasteiger partial charge in [0.05, 0.1) is 10.6 Å². The molecule has 1 saturated heterocycles. The molecule has 33 heavy (non-hydrogen) atoms. The van der Waals surface area contributed by atoms with Gasteiger partial charge in [-0.15, -0.1) is 10.2 Å². The molecule has 10 heteroatoms. The Morgan fingerprint density at radius 2 is 1.64 bits per heavy atom. The van der Waals surface area contributed by atoms with E-state index >= 15 is 0 Å². The van der Waals surface area contributed by atoms with Crippen LogP contribution in [0.15, 0.2) is 64.6 Å². The highest BCUT2D eigenvalue weighted by molar-refractivity contribution is 7.99. The van der Waals surface area contributed by atoms with Gasteiger partial charge in [-0.25, -0.2) is 8.42 Å². The maximum Gasteiger partial charge on any atom is 0.243 e. The summed E-state index contributed by atoms with van der Waals surface area (Å²) in [5.74, 6) is 0.696. The minimum Gasteiger partial charge on any atom is -0.325 e. The van der Waals surface area contributed by atoms with Gasteiger partial charge in [0.15, 0.2) is 11.0 Å². The van der Waals surface area contributed by atoms with Gasteiger partial charge in [0.2, 0.25) is 15.9 Å². The van der Waals surface area contributed by atoms with Crippen LogP contribution in [0.3, 0.4) is 0 Å². The lowest BCUT2D eigenvalue weighted by molar-refractivity contribution is -0.113. The maximum absolute atomic E-state index is 12.9. The minimum absolute atomic E-state index is 0.161. The number of carbonyl (C=O) groups excluding carboxylic acids is 1. The van der Waals surface area contributed by atoms with Crippen molar-refractivity contribution >= 4 is 33.4 Å². The molecular weight excluding hydrogens is 458 g/mol. The lowest BCUT2D eigenvalue weighted by atomic mass is 10.2. The topological polar surface area (TPSA) is 97.2 Å². The molecular formula is C23H27N5O3S2. The molecule has 2 heterocycles. The number of hydrogen-bond donors (Lipinski definition) is 1. The quantitative estimate of drug-likeness (QED) is 0.512. The Morgan fingerprint density at radius 3 is 2.30 bits per heavy atom. The number of nitrogens with one attached hydrogen (secondary N) is 1. The second kappa shape index (κ2) is 10.5. The van der Waals surface area contributed by atoms with E-state index in [0.717, 1.165) is 37.1 Å². The van der Waals surface area contributed by atoms with Gasteiger partial charge in [-0.1, -0.05) is 54.9 Å². The summed E-state index contributed by atoms with van der Waals surface area (Å²) in [5, 5.41) is 11.9. The summed E-state index contributed by atoms with van der Waals surface area (Å²) in [4.78, 5) is 12.7. The van der Waals surface area contributed by atoms with Crippen LogP contribution in [0.4, 0.5) is 5.69 Å². The number of rotatable bonds is 7. The monoisotopic (exact) mass is 485 g/mol. The van der Waals surface area contributed by atoms with E-state index < -0.39 is 10.0 Å². The first-order chi connectivity index (χ1) is 15.9. The van der Waals surface area contributed by atoms with Gasteiger partial charge < -0.3 is 9.88 Å². The first-order valence-electron chi connectivity index (χ1n) is 10.9. The molecule has 8 nitrogen and oxygen atoms in total. The molecule has 1 aliphatic heterocycles. The molecule has 1 aliphatic rings. The van der Waals surface area contributed by atoms with E-state index in [1.54, 1.807) is 28.6 Å². The SMILES string of the molecule is Cn1c(SCC(=O)Nc2ccc(S(=O)(=O)N3CCCCCC3)cc2)nnc1-c1ccccc1. The molecule has 0 spiro atoms. The second-order valence-corrected chi connectivity index (χ2v) is 10.8. The summed E-state index contributed by atoms with van der Waals surface area (Å²) in [6.07, 6.45) is 3.92. The fourth-order valence-corrected chi connectivity index (χ4v) is 5.98. The number of amides is 1. The highest BCUT2D eigenvalue weighted by atomic mass is 32.2. The molecule has 1 N–H and O–H groups in total. The first-order valence-corrected chi connectivity index (χ1v) is 13.4. The first kappa shape index (κ1) is 23.5.